The Balaban J connectivity index is 1.73. The van der Waals surface area contributed by atoms with Crippen LogP contribution in [0.4, 0.5) is 11.5 Å². The molecule has 1 amide bonds. The van der Waals surface area contributed by atoms with E-state index in [4.69, 9.17) is 16.7 Å². The van der Waals surface area contributed by atoms with Crippen LogP contribution >= 0.6 is 11.6 Å². The van der Waals surface area contributed by atoms with Gasteiger partial charge >= 0.3 is 5.97 Å². The summed E-state index contributed by atoms with van der Waals surface area (Å²) in [6, 6.07) is 14.2. The summed E-state index contributed by atoms with van der Waals surface area (Å²) < 4.78 is 0. The second-order valence-electron chi connectivity index (χ2n) is 6.27. The smallest absolute Gasteiger partial charge is 0.307 e. The number of fused-ring (bicyclic) bond motifs is 1. The number of nitrogens with one attached hydrogen (secondary N) is 2. The zero-order valence-electron chi connectivity index (χ0n) is 14.6. The summed E-state index contributed by atoms with van der Waals surface area (Å²) in [6.45, 7) is 0.320. The molecular formula is C20H15ClN4O3. The van der Waals surface area contributed by atoms with Gasteiger partial charge < -0.3 is 15.7 Å². The second kappa shape index (κ2) is 7.28. The number of hydrogen-bond acceptors (Lipinski definition) is 5. The molecule has 0 spiro atoms. The number of halogens is 1. The highest BCUT2D eigenvalue weighted by Gasteiger charge is 2.27. The number of aliphatic carboxylic acids is 1. The van der Waals surface area contributed by atoms with Gasteiger partial charge in [0.1, 0.15) is 11.4 Å². The Kier molecular flexibility index (Phi) is 4.67. The first kappa shape index (κ1) is 17.9. The van der Waals surface area contributed by atoms with Crippen molar-refractivity contribution in [3.05, 3.63) is 70.4 Å². The number of benzene rings is 2. The first-order valence-corrected chi connectivity index (χ1v) is 8.91. The Hall–Kier alpha value is -3.45. The number of carboxylic acids is 1. The molecule has 3 N–H and O–H groups in total. The maximum Gasteiger partial charge on any atom is 0.307 e. The van der Waals surface area contributed by atoms with Crippen LogP contribution in [0.25, 0.3) is 11.4 Å². The van der Waals surface area contributed by atoms with Gasteiger partial charge in [0.05, 0.1) is 23.7 Å². The van der Waals surface area contributed by atoms with Crippen molar-refractivity contribution < 1.29 is 14.7 Å². The monoisotopic (exact) mass is 394 g/mol. The molecule has 1 aliphatic heterocycles. The molecule has 0 radical (unpaired) electrons. The molecule has 0 atom stereocenters. The first-order chi connectivity index (χ1) is 13.5. The fourth-order valence-electron chi connectivity index (χ4n) is 3.00. The van der Waals surface area contributed by atoms with Crippen molar-refractivity contribution in [2.45, 2.75) is 13.0 Å². The van der Waals surface area contributed by atoms with Gasteiger partial charge in [0.2, 0.25) is 0 Å². The van der Waals surface area contributed by atoms with E-state index in [-0.39, 0.29) is 12.3 Å². The number of rotatable bonds is 5. The summed E-state index contributed by atoms with van der Waals surface area (Å²) in [7, 11) is 0. The Morgan fingerprint density at radius 1 is 1.14 bits per heavy atom. The molecule has 28 heavy (non-hydrogen) atoms. The van der Waals surface area contributed by atoms with Crippen LogP contribution in [-0.4, -0.2) is 27.0 Å². The van der Waals surface area contributed by atoms with E-state index >= 15 is 0 Å². The van der Waals surface area contributed by atoms with Crippen molar-refractivity contribution in [2.24, 2.45) is 0 Å². The topological polar surface area (TPSA) is 104 Å². The van der Waals surface area contributed by atoms with Crippen molar-refractivity contribution in [3.63, 3.8) is 0 Å². The van der Waals surface area contributed by atoms with Crippen LogP contribution in [0.2, 0.25) is 5.02 Å². The Morgan fingerprint density at radius 2 is 1.89 bits per heavy atom. The van der Waals surface area contributed by atoms with Gasteiger partial charge in [-0.1, -0.05) is 35.9 Å². The van der Waals surface area contributed by atoms with Crippen molar-refractivity contribution in [2.75, 3.05) is 5.32 Å². The molecule has 0 fully saturated rings. The summed E-state index contributed by atoms with van der Waals surface area (Å²) in [5.74, 6) is -0.340. The minimum atomic E-state index is -0.893. The molecule has 0 saturated heterocycles. The lowest BCUT2D eigenvalue weighted by atomic mass is 10.1. The van der Waals surface area contributed by atoms with Crippen LogP contribution in [0.5, 0.6) is 0 Å². The third-order valence-electron chi connectivity index (χ3n) is 4.31. The zero-order chi connectivity index (χ0) is 19.7. The number of carbonyl (C=O) groups excluding carboxylic acids is 1. The fraction of sp³-hybridized carbons (Fsp3) is 0.100. The van der Waals surface area contributed by atoms with Crippen molar-refractivity contribution >= 4 is 35.0 Å². The maximum atomic E-state index is 12.2. The van der Waals surface area contributed by atoms with Crippen molar-refractivity contribution in [1.82, 2.24) is 15.3 Å². The molecule has 0 aliphatic carbocycles. The molecule has 0 unspecified atom stereocenters. The second-order valence-corrected chi connectivity index (χ2v) is 6.68. The van der Waals surface area contributed by atoms with E-state index in [0.29, 0.717) is 51.3 Å². The number of anilines is 2. The van der Waals surface area contributed by atoms with E-state index in [2.05, 4.69) is 20.6 Å². The first-order valence-electron chi connectivity index (χ1n) is 8.53. The van der Waals surface area contributed by atoms with Gasteiger partial charge in [0.25, 0.3) is 5.91 Å². The number of carboxylic acid groups (broad SMARTS) is 1. The largest absolute Gasteiger partial charge is 0.481 e. The lowest BCUT2D eigenvalue weighted by molar-refractivity contribution is -0.136. The quantitative estimate of drug-likeness (QED) is 0.612. The maximum absolute atomic E-state index is 12.2. The Labute approximate surface area is 165 Å². The van der Waals surface area contributed by atoms with Gasteiger partial charge in [0.15, 0.2) is 5.82 Å². The van der Waals surface area contributed by atoms with E-state index in [1.807, 2.05) is 18.2 Å². The van der Waals surface area contributed by atoms with Gasteiger partial charge in [-0.15, -0.1) is 0 Å². The molecule has 7 nitrogen and oxygen atoms in total. The van der Waals surface area contributed by atoms with Gasteiger partial charge in [0, 0.05) is 11.3 Å². The summed E-state index contributed by atoms with van der Waals surface area (Å²) >= 11 is 6.28. The van der Waals surface area contributed by atoms with Crippen LogP contribution in [0.1, 0.15) is 21.6 Å². The number of amides is 1. The summed E-state index contributed by atoms with van der Waals surface area (Å²) in [6.07, 6.45) is -0.0533. The van der Waals surface area contributed by atoms with Gasteiger partial charge in [-0.25, -0.2) is 9.97 Å². The van der Waals surface area contributed by atoms with Gasteiger partial charge in [-0.2, -0.15) is 0 Å². The minimum Gasteiger partial charge on any atom is -0.481 e. The molecule has 0 saturated carbocycles. The molecule has 1 aromatic heterocycles. The molecule has 8 heteroatoms. The highest BCUT2D eigenvalue weighted by atomic mass is 35.5. The summed E-state index contributed by atoms with van der Waals surface area (Å²) in [5.41, 5.74) is 3.02. The predicted octanol–water partition coefficient (Wildman–Crippen LogP) is 3.41. The number of aromatic nitrogens is 2. The van der Waals surface area contributed by atoms with E-state index in [1.165, 1.54) is 0 Å². The van der Waals surface area contributed by atoms with Crippen LogP contribution in [-0.2, 0) is 17.8 Å². The standard InChI is InChI=1S/C20H15ClN4O3/c21-14-4-2-1-3-13(14)18-24-15-10-22-20(28)17(15)19(25-18)23-12-7-5-11(6-8-12)9-16(26)27/h1-8H,9-10H2,(H,22,28)(H,26,27)(H,23,24,25). The van der Waals surface area contributed by atoms with Crippen LogP contribution in [0, 0.1) is 0 Å². The average molecular weight is 395 g/mol. The van der Waals surface area contributed by atoms with Gasteiger partial charge in [-0.05, 0) is 29.8 Å². The summed E-state index contributed by atoms with van der Waals surface area (Å²) in [4.78, 5) is 32.1. The van der Waals surface area contributed by atoms with Crippen LogP contribution in [0.3, 0.4) is 0 Å². The van der Waals surface area contributed by atoms with E-state index in [0.717, 1.165) is 0 Å². The lowest BCUT2D eigenvalue weighted by Crippen LogP contribution is -2.14. The third-order valence-corrected chi connectivity index (χ3v) is 4.64. The number of nitrogens with zero attached hydrogens (tertiary/aromatic N) is 2. The molecule has 3 aromatic rings. The normalized spacial score (nSPS) is 12.4. The lowest BCUT2D eigenvalue weighted by Gasteiger charge is -2.12. The van der Waals surface area contributed by atoms with Crippen molar-refractivity contribution in [1.29, 1.82) is 0 Å². The molecule has 2 heterocycles. The van der Waals surface area contributed by atoms with Crippen LogP contribution < -0.4 is 10.6 Å². The molecular weight excluding hydrogens is 380 g/mol. The van der Waals surface area contributed by atoms with Gasteiger partial charge in [-0.3, -0.25) is 9.59 Å². The van der Waals surface area contributed by atoms with Crippen LogP contribution in [0.15, 0.2) is 48.5 Å². The van der Waals surface area contributed by atoms with E-state index in [1.54, 1.807) is 30.3 Å². The van der Waals surface area contributed by atoms with E-state index in [9.17, 15) is 9.59 Å². The van der Waals surface area contributed by atoms with Crippen molar-refractivity contribution in [3.8, 4) is 11.4 Å². The Bertz CT molecular complexity index is 1080. The summed E-state index contributed by atoms with van der Waals surface area (Å²) in [5, 5.41) is 15.3. The number of hydrogen-bond donors (Lipinski definition) is 3. The average Bonchev–Trinajstić information content (AvgIpc) is 3.04. The predicted molar refractivity (Wildman–Crippen MR) is 105 cm³/mol. The number of carbonyl (C=O) groups is 2. The third kappa shape index (κ3) is 3.52. The Morgan fingerprint density at radius 3 is 2.61 bits per heavy atom. The minimum absolute atomic E-state index is 0.0533. The fourth-order valence-corrected chi connectivity index (χ4v) is 3.22. The highest BCUT2D eigenvalue weighted by molar-refractivity contribution is 6.33. The molecule has 0 bridgehead atoms. The molecule has 140 valence electrons. The molecule has 1 aliphatic rings. The van der Waals surface area contributed by atoms with E-state index < -0.39 is 5.97 Å². The highest BCUT2D eigenvalue weighted by Crippen LogP contribution is 2.31. The molecule has 4 rings (SSSR count). The molecule has 2 aromatic carbocycles. The zero-order valence-corrected chi connectivity index (χ0v) is 15.3. The SMILES string of the molecule is O=C(O)Cc1ccc(Nc2nc(-c3ccccc3Cl)nc3c2C(=O)NC3)cc1.